The van der Waals surface area contributed by atoms with Crippen LogP contribution in [-0.2, 0) is 18.9 Å². The van der Waals surface area contributed by atoms with Crippen molar-refractivity contribution in [2.45, 2.75) is 79.9 Å². The van der Waals surface area contributed by atoms with Gasteiger partial charge in [0.25, 0.3) is 0 Å². The molecule has 1 spiro atoms. The summed E-state index contributed by atoms with van der Waals surface area (Å²) in [6.07, 6.45) is -0.667. The molecule has 0 aromatic carbocycles. The molecular formula is C25H41NO8. The Kier molecular flexibility index (Phi) is 5.04. The Morgan fingerprint density at radius 2 is 1.68 bits per heavy atom. The highest BCUT2D eigenvalue weighted by Crippen LogP contribution is 2.81. The van der Waals surface area contributed by atoms with Crippen molar-refractivity contribution in [1.82, 2.24) is 4.90 Å². The van der Waals surface area contributed by atoms with Gasteiger partial charge in [-0.25, -0.2) is 0 Å². The van der Waals surface area contributed by atoms with Crippen LogP contribution in [0.25, 0.3) is 0 Å². The first-order valence-electron chi connectivity index (χ1n) is 12.8. The summed E-state index contributed by atoms with van der Waals surface area (Å²) in [4.78, 5) is 2.23. The highest BCUT2D eigenvalue weighted by atomic mass is 16.5. The van der Waals surface area contributed by atoms with E-state index in [1.165, 1.54) is 0 Å². The van der Waals surface area contributed by atoms with Crippen molar-refractivity contribution in [2.75, 3.05) is 48.1 Å². The molecule has 7 bridgehead atoms. The first-order chi connectivity index (χ1) is 16.1. The predicted molar refractivity (Wildman–Crippen MR) is 120 cm³/mol. The normalized spacial score (nSPS) is 61.7. The first kappa shape index (κ1) is 24.0. The zero-order valence-corrected chi connectivity index (χ0v) is 20.9. The van der Waals surface area contributed by atoms with Gasteiger partial charge >= 0.3 is 0 Å². The Hall–Kier alpha value is -0.360. The summed E-state index contributed by atoms with van der Waals surface area (Å²) in [6.45, 7) is 3.83. The van der Waals surface area contributed by atoms with Gasteiger partial charge in [0.15, 0.2) is 0 Å². The summed E-state index contributed by atoms with van der Waals surface area (Å²) in [6, 6.07) is -0.594. The summed E-state index contributed by atoms with van der Waals surface area (Å²) in [5.41, 5.74) is -6.34. The highest BCUT2D eigenvalue weighted by Gasteiger charge is 2.95. The zero-order valence-electron chi connectivity index (χ0n) is 20.9. The van der Waals surface area contributed by atoms with Crippen molar-refractivity contribution in [1.29, 1.82) is 0 Å². The molecule has 1 saturated heterocycles. The van der Waals surface area contributed by atoms with Gasteiger partial charge in [-0.1, -0.05) is 6.92 Å². The molecular weight excluding hydrogens is 442 g/mol. The van der Waals surface area contributed by atoms with Crippen LogP contribution in [0.1, 0.15) is 32.6 Å². The molecule has 6 aliphatic rings. The Labute approximate surface area is 201 Å². The summed E-state index contributed by atoms with van der Waals surface area (Å²) in [5.74, 6) is -1.56. The molecule has 1 aliphatic heterocycles. The molecule has 5 aliphatic carbocycles. The van der Waals surface area contributed by atoms with Crippen molar-refractivity contribution in [2.24, 2.45) is 28.6 Å². The maximum absolute atomic E-state index is 13.0. The SMILES string of the molecule is CCN1CC2(COC)CCC(OC)C34C2C(OC)C(O)(C13)C1(O)CC(OC)C2CC4(O)C1C2O. The second-order valence-corrected chi connectivity index (χ2v) is 12.1. The Balaban J connectivity index is 1.72. The van der Waals surface area contributed by atoms with Crippen LogP contribution in [0.5, 0.6) is 0 Å². The number of piperidine rings is 1. The van der Waals surface area contributed by atoms with E-state index in [4.69, 9.17) is 18.9 Å². The van der Waals surface area contributed by atoms with Crippen LogP contribution in [0.15, 0.2) is 0 Å². The van der Waals surface area contributed by atoms with Gasteiger partial charge in [0.1, 0.15) is 11.2 Å². The number of likely N-dealkylation sites (N-methyl/N-ethyl adjacent to an activating group) is 1. The summed E-state index contributed by atoms with van der Waals surface area (Å²) in [7, 11) is 6.52. The number of ether oxygens (including phenoxy) is 4. The van der Waals surface area contributed by atoms with E-state index >= 15 is 0 Å². The van der Waals surface area contributed by atoms with Crippen LogP contribution in [0.2, 0.25) is 0 Å². The minimum Gasteiger partial charge on any atom is -0.392 e. The summed E-state index contributed by atoms with van der Waals surface area (Å²) in [5, 5.41) is 50.1. The van der Waals surface area contributed by atoms with Crippen molar-refractivity contribution < 1.29 is 39.4 Å². The van der Waals surface area contributed by atoms with E-state index in [0.717, 1.165) is 6.42 Å². The third-order valence-corrected chi connectivity index (χ3v) is 11.6. The molecule has 0 amide bonds. The van der Waals surface area contributed by atoms with Crippen molar-refractivity contribution >= 4 is 0 Å². The quantitative estimate of drug-likeness (QED) is 0.392. The molecule has 194 valence electrons. The summed E-state index contributed by atoms with van der Waals surface area (Å²) < 4.78 is 23.9. The Morgan fingerprint density at radius 3 is 2.26 bits per heavy atom. The fourth-order valence-electron chi connectivity index (χ4n) is 11.0. The molecule has 13 unspecified atom stereocenters. The molecule has 0 aromatic heterocycles. The van der Waals surface area contributed by atoms with Gasteiger partial charge in [0.05, 0.1) is 48.1 Å². The lowest BCUT2D eigenvalue weighted by atomic mass is 9.41. The molecule has 5 saturated carbocycles. The topological polar surface area (TPSA) is 121 Å². The fraction of sp³-hybridized carbons (Fsp3) is 1.00. The molecule has 4 N–H and O–H groups in total. The standard InChI is InChI=1S/C25H41NO8/c1-6-26-11-21(12-31-2)8-7-15(33-4)24-18(21)19(34-5)25(30,20(24)26)23(29)10-14(32-3)13-9-22(24,28)17(23)16(13)27/h13-20,27-30H,6-12H2,1-5H3. The maximum Gasteiger partial charge on any atom is 0.136 e. The number of aliphatic hydroxyl groups is 4. The van der Waals surface area contributed by atoms with Crippen LogP contribution in [0.4, 0.5) is 0 Å². The first-order valence-corrected chi connectivity index (χ1v) is 12.8. The van der Waals surface area contributed by atoms with Crippen LogP contribution in [0, 0.1) is 28.6 Å². The number of hydrogen-bond donors (Lipinski definition) is 4. The van der Waals surface area contributed by atoms with Crippen LogP contribution < -0.4 is 0 Å². The number of aliphatic hydroxyl groups excluding tert-OH is 1. The molecule has 1 heterocycles. The molecule has 34 heavy (non-hydrogen) atoms. The lowest BCUT2D eigenvalue weighted by Gasteiger charge is -2.72. The molecule has 9 heteroatoms. The Bertz CT molecular complexity index is 861. The average Bonchev–Trinajstić information content (AvgIpc) is 3.14. The second-order valence-electron chi connectivity index (χ2n) is 12.1. The van der Waals surface area contributed by atoms with Crippen LogP contribution >= 0.6 is 0 Å². The minimum atomic E-state index is -1.79. The van der Waals surface area contributed by atoms with E-state index in [2.05, 4.69) is 11.8 Å². The van der Waals surface area contributed by atoms with Crippen molar-refractivity contribution in [3.63, 3.8) is 0 Å². The van der Waals surface area contributed by atoms with Gasteiger partial charge in [0, 0.05) is 64.6 Å². The highest BCUT2D eigenvalue weighted by molar-refractivity contribution is 5.45. The van der Waals surface area contributed by atoms with Gasteiger partial charge in [-0.05, 0) is 25.8 Å². The zero-order chi connectivity index (χ0) is 24.5. The van der Waals surface area contributed by atoms with Gasteiger partial charge in [-0.2, -0.15) is 0 Å². The van der Waals surface area contributed by atoms with E-state index in [9.17, 15) is 20.4 Å². The monoisotopic (exact) mass is 483 g/mol. The lowest BCUT2D eigenvalue weighted by molar-refractivity contribution is -0.357. The average molecular weight is 484 g/mol. The fourth-order valence-corrected chi connectivity index (χ4v) is 11.0. The number of nitrogens with zero attached hydrogens (tertiary/aromatic N) is 1. The molecule has 13 atom stereocenters. The van der Waals surface area contributed by atoms with E-state index in [0.29, 0.717) is 32.5 Å². The van der Waals surface area contributed by atoms with Crippen LogP contribution in [-0.4, -0.2) is 121 Å². The molecule has 6 fully saturated rings. The smallest absolute Gasteiger partial charge is 0.136 e. The van der Waals surface area contributed by atoms with Gasteiger partial charge < -0.3 is 39.4 Å². The van der Waals surface area contributed by atoms with E-state index in [1.807, 2.05) is 0 Å². The number of methoxy groups -OCH3 is 4. The Morgan fingerprint density at radius 1 is 0.941 bits per heavy atom. The number of rotatable bonds is 6. The van der Waals surface area contributed by atoms with E-state index in [-0.39, 0.29) is 24.4 Å². The lowest BCUT2D eigenvalue weighted by Crippen LogP contribution is -2.86. The van der Waals surface area contributed by atoms with E-state index < -0.39 is 57.9 Å². The van der Waals surface area contributed by atoms with Gasteiger partial charge in [-0.3, -0.25) is 4.90 Å². The predicted octanol–water partition coefficient (Wildman–Crippen LogP) is -0.614. The van der Waals surface area contributed by atoms with E-state index in [1.54, 1.807) is 28.4 Å². The molecule has 6 rings (SSSR count). The van der Waals surface area contributed by atoms with Gasteiger partial charge in [-0.15, -0.1) is 0 Å². The van der Waals surface area contributed by atoms with Crippen molar-refractivity contribution in [3.05, 3.63) is 0 Å². The van der Waals surface area contributed by atoms with Crippen molar-refractivity contribution in [3.8, 4) is 0 Å². The largest absolute Gasteiger partial charge is 0.392 e. The second kappa shape index (κ2) is 7.14. The number of likely N-dealkylation sites (tertiary alicyclic amines) is 1. The third-order valence-electron chi connectivity index (χ3n) is 11.6. The molecule has 0 radical (unpaired) electrons. The summed E-state index contributed by atoms with van der Waals surface area (Å²) >= 11 is 0. The number of fused-ring (bicyclic) bond motifs is 2. The minimum absolute atomic E-state index is 0.139. The van der Waals surface area contributed by atoms with Gasteiger partial charge in [0.2, 0.25) is 0 Å². The third kappa shape index (κ3) is 2.11. The maximum atomic E-state index is 13.0. The van der Waals surface area contributed by atoms with Crippen LogP contribution in [0.3, 0.4) is 0 Å². The molecule has 9 nitrogen and oxygen atoms in total. The number of hydrogen-bond acceptors (Lipinski definition) is 9. The molecule has 0 aromatic rings.